The van der Waals surface area contributed by atoms with Crippen LogP contribution in [-0.4, -0.2) is 14.3 Å². The van der Waals surface area contributed by atoms with Gasteiger partial charge in [-0.05, 0) is 47.5 Å². The van der Waals surface area contributed by atoms with Gasteiger partial charge in [-0.1, -0.05) is 47.5 Å². The zero-order valence-corrected chi connectivity index (χ0v) is 18.2. The maximum Gasteiger partial charge on any atom is 0.260 e. The second kappa shape index (κ2) is 8.47. The van der Waals surface area contributed by atoms with E-state index in [9.17, 15) is 17.6 Å². The second-order valence-corrected chi connectivity index (χ2v) is 9.54. The lowest BCUT2D eigenvalue weighted by molar-refractivity contribution is 0.102. The van der Waals surface area contributed by atoms with Crippen molar-refractivity contribution in [1.29, 1.82) is 0 Å². The van der Waals surface area contributed by atoms with Crippen LogP contribution in [0.4, 0.5) is 15.8 Å². The van der Waals surface area contributed by atoms with E-state index < -0.39 is 21.7 Å². The molecule has 3 aromatic rings. The van der Waals surface area contributed by atoms with Crippen molar-refractivity contribution in [3.63, 3.8) is 0 Å². The molecule has 10 heteroatoms. The third-order valence-corrected chi connectivity index (χ3v) is 6.81. The Balaban J connectivity index is 1.60. The molecule has 0 radical (unpaired) electrons. The molecule has 0 atom stereocenters. The molecule has 4 rings (SSSR count). The quantitative estimate of drug-likeness (QED) is 0.553. The molecule has 1 aliphatic rings. The van der Waals surface area contributed by atoms with Crippen molar-refractivity contribution < 1.29 is 17.6 Å². The van der Waals surface area contributed by atoms with Gasteiger partial charge in [-0.15, -0.1) is 0 Å². The molecule has 0 unspecified atom stereocenters. The minimum absolute atomic E-state index is 0.0222. The predicted octanol–water partition coefficient (Wildman–Crippen LogP) is 4.74. The lowest BCUT2D eigenvalue weighted by atomic mass is 10.1. The molecule has 160 valence electrons. The first kappa shape index (κ1) is 21.6. The monoisotopic (exact) mass is 479 g/mol. The summed E-state index contributed by atoms with van der Waals surface area (Å²) in [6, 6.07) is 15.4. The van der Waals surface area contributed by atoms with Crippen LogP contribution < -0.4 is 15.2 Å². The standard InChI is InChI=1S/C21H16Cl2FN3O3S/c22-15-4-1-3-13(9-15)12-31(29,30)27-19-10-16(8-7-14(19)11-25-27)26-21(28)20-17(23)5-2-6-18(20)24/h1-10,25H,11-12H2,(H,26,28). The molecular formula is C21H16Cl2FN3O3S. The van der Waals surface area contributed by atoms with Crippen LogP contribution in [0.2, 0.25) is 10.0 Å². The molecule has 2 N–H and O–H groups in total. The molecule has 1 amide bonds. The number of hydrazine groups is 1. The summed E-state index contributed by atoms with van der Waals surface area (Å²) in [5.74, 6) is -1.75. The Morgan fingerprint density at radius 3 is 2.61 bits per heavy atom. The van der Waals surface area contributed by atoms with Crippen molar-refractivity contribution in [2.75, 3.05) is 9.73 Å². The zero-order chi connectivity index (χ0) is 22.2. The maximum atomic E-state index is 14.0. The third-order valence-electron chi connectivity index (χ3n) is 4.68. The summed E-state index contributed by atoms with van der Waals surface area (Å²) in [7, 11) is -3.78. The molecule has 0 fully saturated rings. The number of anilines is 2. The summed E-state index contributed by atoms with van der Waals surface area (Å²) >= 11 is 11.9. The smallest absolute Gasteiger partial charge is 0.260 e. The van der Waals surface area contributed by atoms with Gasteiger partial charge < -0.3 is 5.32 Å². The Bertz CT molecular complexity index is 1260. The molecular weight excluding hydrogens is 464 g/mol. The number of carbonyl (C=O) groups excluding carboxylic acids is 1. The normalized spacial score (nSPS) is 13.2. The Kier molecular flexibility index (Phi) is 5.90. The number of benzene rings is 3. The number of hydrogen-bond donors (Lipinski definition) is 2. The van der Waals surface area contributed by atoms with Crippen LogP contribution in [0.5, 0.6) is 0 Å². The first-order valence-electron chi connectivity index (χ1n) is 9.14. The summed E-state index contributed by atoms with van der Waals surface area (Å²) in [4.78, 5) is 12.5. The van der Waals surface area contributed by atoms with Crippen LogP contribution in [-0.2, 0) is 22.3 Å². The van der Waals surface area contributed by atoms with Crippen LogP contribution in [0.1, 0.15) is 21.5 Å². The molecule has 0 saturated carbocycles. The summed E-state index contributed by atoms with van der Waals surface area (Å²) in [6.45, 7) is 0.303. The number of carbonyl (C=O) groups is 1. The van der Waals surface area contributed by atoms with Crippen molar-refractivity contribution in [2.45, 2.75) is 12.3 Å². The molecule has 3 aromatic carbocycles. The van der Waals surface area contributed by atoms with Gasteiger partial charge in [0.15, 0.2) is 0 Å². The van der Waals surface area contributed by atoms with Crippen LogP contribution >= 0.6 is 23.2 Å². The number of hydrogen-bond acceptors (Lipinski definition) is 4. The fourth-order valence-electron chi connectivity index (χ4n) is 3.28. The van der Waals surface area contributed by atoms with Crippen molar-refractivity contribution >= 4 is 50.5 Å². The topological polar surface area (TPSA) is 78.5 Å². The molecule has 1 aliphatic heterocycles. The average molecular weight is 480 g/mol. The lowest BCUT2D eigenvalue weighted by Crippen LogP contribution is -2.38. The van der Waals surface area contributed by atoms with Gasteiger partial charge in [0.2, 0.25) is 0 Å². The predicted molar refractivity (Wildman–Crippen MR) is 119 cm³/mol. The van der Waals surface area contributed by atoms with E-state index in [0.717, 1.165) is 16.0 Å². The largest absolute Gasteiger partial charge is 0.322 e. The number of nitrogens with one attached hydrogen (secondary N) is 2. The minimum atomic E-state index is -3.78. The Morgan fingerprint density at radius 2 is 1.87 bits per heavy atom. The van der Waals surface area contributed by atoms with Gasteiger partial charge in [0.05, 0.1) is 22.0 Å². The first-order chi connectivity index (χ1) is 14.7. The Hall–Kier alpha value is -2.65. The molecule has 0 aliphatic carbocycles. The average Bonchev–Trinajstić information content (AvgIpc) is 3.12. The zero-order valence-electron chi connectivity index (χ0n) is 15.9. The van der Waals surface area contributed by atoms with Gasteiger partial charge in [0.25, 0.3) is 15.9 Å². The van der Waals surface area contributed by atoms with E-state index in [1.54, 1.807) is 36.4 Å². The van der Waals surface area contributed by atoms with E-state index >= 15 is 0 Å². The second-order valence-electron chi connectivity index (χ2n) is 6.88. The highest BCUT2D eigenvalue weighted by Gasteiger charge is 2.30. The van der Waals surface area contributed by atoms with E-state index in [2.05, 4.69) is 10.7 Å². The van der Waals surface area contributed by atoms with Gasteiger partial charge in [0.1, 0.15) is 5.82 Å². The van der Waals surface area contributed by atoms with E-state index in [0.29, 0.717) is 28.5 Å². The van der Waals surface area contributed by atoms with Crippen molar-refractivity contribution in [3.8, 4) is 0 Å². The highest BCUT2D eigenvalue weighted by atomic mass is 35.5. The van der Waals surface area contributed by atoms with Gasteiger partial charge in [-0.3, -0.25) is 4.79 Å². The highest BCUT2D eigenvalue weighted by molar-refractivity contribution is 7.92. The fraction of sp³-hybridized carbons (Fsp3) is 0.0952. The molecule has 6 nitrogen and oxygen atoms in total. The Labute approximate surface area is 188 Å². The Morgan fingerprint density at radius 1 is 1.10 bits per heavy atom. The SMILES string of the molecule is O=C(Nc1ccc2c(c1)N(S(=O)(=O)Cc1cccc(Cl)c1)NC2)c1c(F)cccc1Cl. The van der Waals surface area contributed by atoms with Crippen molar-refractivity contribution in [1.82, 2.24) is 5.43 Å². The van der Waals surface area contributed by atoms with Gasteiger partial charge in [0, 0.05) is 17.3 Å². The van der Waals surface area contributed by atoms with Gasteiger partial charge in [-0.2, -0.15) is 0 Å². The molecule has 0 spiro atoms. The molecule has 31 heavy (non-hydrogen) atoms. The van der Waals surface area contributed by atoms with Gasteiger partial charge in [-0.25, -0.2) is 22.6 Å². The maximum absolute atomic E-state index is 14.0. The highest BCUT2D eigenvalue weighted by Crippen LogP contribution is 2.32. The molecule has 1 heterocycles. The van der Waals surface area contributed by atoms with Crippen molar-refractivity contribution in [3.05, 3.63) is 93.2 Å². The van der Waals surface area contributed by atoms with Gasteiger partial charge >= 0.3 is 0 Å². The number of nitrogens with zero attached hydrogens (tertiary/aromatic N) is 1. The summed E-state index contributed by atoms with van der Waals surface area (Å²) in [6.07, 6.45) is 0. The van der Waals surface area contributed by atoms with E-state index in [4.69, 9.17) is 23.2 Å². The van der Waals surface area contributed by atoms with Crippen LogP contribution in [0.15, 0.2) is 60.7 Å². The van der Waals surface area contributed by atoms with E-state index in [-0.39, 0.29) is 16.3 Å². The summed E-state index contributed by atoms with van der Waals surface area (Å²) in [5.41, 5.74) is 4.51. The number of rotatable bonds is 5. The molecule has 0 aromatic heterocycles. The number of halogens is 3. The van der Waals surface area contributed by atoms with Crippen LogP contribution in [0.25, 0.3) is 0 Å². The fourth-order valence-corrected chi connectivity index (χ4v) is 5.20. The lowest BCUT2D eigenvalue weighted by Gasteiger charge is -2.20. The summed E-state index contributed by atoms with van der Waals surface area (Å²) in [5, 5.41) is 2.99. The number of fused-ring (bicyclic) bond motifs is 1. The van der Waals surface area contributed by atoms with Crippen LogP contribution in [0.3, 0.4) is 0 Å². The number of sulfonamides is 1. The van der Waals surface area contributed by atoms with Crippen molar-refractivity contribution in [2.24, 2.45) is 0 Å². The molecule has 0 saturated heterocycles. The first-order valence-corrected chi connectivity index (χ1v) is 11.5. The summed E-state index contributed by atoms with van der Waals surface area (Å²) < 4.78 is 41.1. The van der Waals surface area contributed by atoms with E-state index in [1.165, 1.54) is 18.2 Å². The number of amides is 1. The van der Waals surface area contributed by atoms with E-state index in [1.807, 2.05) is 0 Å². The van der Waals surface area contributed by atoms with Crippen LogP contribution in [0, 0.1) is 5.82 Å². The third kappa shape index (κ3) is 4.52. The minimum Gasteiger partial charge on any atom is -0.322 e. The molecule has 0 bridgehead atoms.